The van der Waals surface area contributed by atoms with Crippen LogP contribution >= 0.6 is 34.5 Å². The van der Waals surface area contributed by atoms with Gasteiger partial charge in [-0.2, -0.15) is 0 Å². The second kappa shape index (κ2) is 7.49. The first-order valence-corrected chi connectivity index (χ1v) is 9.00. The van der Waals surface area contributed by atoms with Crippen molar-refractivity contribution in [1.82, 2.24) is 4.98 Å². The van der Waals surface area contributed by atoms with Crippen molar-refractivity contribution in [3.63, 3.8) is 0 Å². The summed E-state index contributed by atoms with van der Waals surface area (Å²) in [5.74, 6) is -0.136. The molecule has 0 saturated carbocycles. The van der Waals surface area contributed by atoms with Crippen molar-refractivity contribution in [2.45, 2.75) is 6.54 Å². The van der Waals surface area contributed by atoms with Crippen LogP contribution in [0.25, 0.3) is 10.2 Å². The zero-order valence-corrected chi connectivity index (χ0v) is 15.3. The number of hydrogen-bond donors (Lipinski definition) is 2. The van der Waals surface area contributed by atoms with Crippen LogP contribution < -0.4 is 10.2 Å². The number of carbonyl (C=O) groups excluding carboxylic acids is 1. The maximum absolute atomic E-state index is 12.2. The smallest absolute Gasteiger partial charge is 0.279 e. The molecule has 2 aromatic carbocycles. The lowest BCUT2D eigenvalue weighted by molar-refractivity contribution is -0.885. The molecule has 0 fully saturated rings. The molecule has 3 rings (SSSR count). The number of nitrogens with one attached hydrogen (secondary N) is 2. The molecule has 2 N–H and O–H groups in total. The van der Waals surface area contributed by atoms with E-state index in [2.05, 4.69) is 16.4 Å². The summed E-state index contributed by atoms with van der Waals surface area (Å²) in [6.07, 6.45) is 0. The first-order chi connectivity index (χ1) is 11.5. The van der Waals surface area contributed by atoms with Crippen LogP contribution in [0.4, 0.5) is 5.69 Å². The number of hydrogen-bond acceptors (Lipinski definition) is 3. The zero-order chi connectivity index (χ0) is 17.1. The van der Waals surface area contributed by atoms with E-state index < -0.39 is 0 Å². The Labute approximate surface area is 154 Å². The molecule has 124 valence electrons. The Balaban J connectivity index is 1.62. The number of fused-ring (bicyclic) bond motifs is 1. The zero-order valence-electron chi connectivity index (χ0n) is 13.0. The van der Waals surface area contributed by atoms with E-state index in [0.717, 1.165) is 20.1 Å². The number of para-hydroxylation sites is 2. The van der Waals surface area contributed by atoms with E-state index in [0.29, 0.717) is 28.8 Å². The number of benzene rings is 2. The van der Waals surface area contributed by atoms with Crippen LogP contribution in [0.2, 0.25) is 10.0 Å². The number of nitrogens with zero attached hydrogens (tertiary/aromatic N) is 1. The van der Waals surface area contributed by atoms with Crippen LogP contribution in [-0.2, 0) is 11.3 Å². The van der Waals surface area contributed by atoms with Crippen LogP contribution in [0, 0.1) is 0 Å². The Morgan fingerprint density at radius 3 is 2.58 bits per heavy atom. The minimum Gasteiger partial charge on any atom is -0.324 e. The summed E-state index contributed by atoms with van der Waals surface area (Å²) >= 11 is 13.8. The lowest BCUT2D eigenvalue weighted by Gasteiger charge is -2.13. The molecular formula is C17H16Cl2N3OS+. The number of likely N-dealkylation sites (N-methyl/N-ethyl adjacent to an activating group) is 1. The maximum atomic E-state index is 12.2. The molecule has 24 heavy (non-hydrogen) atoms. The standard InChI is InChI=1S/C17H15Cl2N3OS/c1-22(10-16-20-13-7-2-3-8-14(13)24-16)9-15(23)21-17-11(18)5-4-6-12(17)19/h2-8H,9-10H2,1H3,(H,21,23)/p+1. The second-order valence-corrected chi connectivity index (χ2v) is 7.46. The molecule has 1 unspecified atom stereocenters. The number of anilines is 1. The molecule has 1 amide bonds. The highest BCUT2D eigenvalue weighted by Gasteiger charge is 2.15. The van der Waals surface area contributed by atoms with Crippen LogP contribution in [0.3, 0.4) is 0 Å². The summed E-state index contributed by atoms with van der Waals surface area (Å²) in [5.41, 5.74) is 1.45. The van der Waals surface area contributed by atoms with E-state index in [1.165, 1.54) is 0 Å². The Morgan fingerprint density at radius 2 is 1.88 bits per heavy atom. The Hall–Kier alpha value is -1.66. The molecule has 3 aromatic rings. The monoisotopic (exact) mass is 380 g/mol. The predicted octanol–water partition coefficient (Wildman–Crippen LogP) is 3.26. The lowest BCUT2D eigenvalue weighted by atomic mass is 10.3. The fraction of sp³-hybridized carbons (Fsp3) is 0.176. The molecule has 0 spiro atoms. The maximum Gasteiger partial charge on any atom is 0.279 e. The van der Waals surface area contributed by atoms with Crippen molar-refractivity contribution in [1.29, 1.82) is 0 Å². The van der Waals surface area contributed by atoms with Crippen molar-refractivity contribution >= 4 is 56.3 Å². The quantitative estimate of drug-likeness (QED) is 0.713. The van der Waals surface area contributed by atoms with Gasteiger partial charge in [-0.15, -0.1) is 11.3 Å². The van der Waals surface area contributed by atoms with Gasteiger partial charge in [0, 0.05) is 0 Å². The van der Waals surface area contributed by atoms with E-state index in [1.54, 1.807) is 29.5 Å². The topological polar surface area (TPSA) is 46.4 Å². The minimum atomic E-state index is -0.136. The molecule has 0 radical (unpaired) electrons. The largest absolute Gasteiger partial charge is 0.324 e. The third-order valence-electron chi connectivity index (χ3n) is 3.48. The van der Waals surface area contributed by atoms with Crippen LogP contribution in [-0.4, -0.2) is 24.5 Å². The van der Waals surface area contributed by atoms with Gasteiger partial charge in [-0.05, 0) is 24.3 Å². The highest BCUT2D eigenvalue weighted by molar-refractivity contribution is 7.18. The van der Waals surface area contributed by atoms with Gasteiger partial charge >= 0.3 is 0 Å². The molecule has 0 bridgehead atoms. The SMILES string of the molecule is C[NH+](CC(=O)Nc1c(Cl)cccc1Cl)Cc1nc2ccccc2s1. The fourth-order valence-corrected chi connectivity index (χ4v) is 3.96. The first-order valence-electron chi connectivity index (χ1n) is 7.42. The van der Waals surface area contributed by atoms with E-state index in [1.807, 2.05) is 25.2 Å². The van der Waals surface area contributed by atoms with E-state index in [-0.39, 0.29) is 5.91 Å². The van der Waals surface area contributed by atoms with Crippen molar-refractivity contribution in [2.75, 3.05) is 18.9 Å². The molecule has 1 heterocycles. The average Bonchev–Trinajstić information content (AvgIpc) is 2.93. The highest BCUT2D eigenvalue weighted by atomic mass is 35.5. The van der Waals surface area contributed by atoms with E-state index in [9.17, 15) is 4.79 Å². The van der Waals surface area contributed by atoms with Gasteiger partial charge in [0.15, 0.2) is 6.54 Å². The molecule has 0 saturated heterocycles. The van der Waals surface area contributed by atoms with Crippen LogP contribution in [0.15, 0.2) is 42.5 Å². The summed E-state index contributed by atoms with van der Waals surface area (Å²) in [6.45, 7) is 0.987. The molecule has 0 aliphatic carbocycles. The van der Waals surface area contributed by atoms with Crippen LogP contribution in [0.1, 0.15) is 5.01 Å². The van der Waals surface area contributed by atoms with Crippen molar-refractivity contribution in [3.05, 3.63) is 57.5 Å². The van der Waals surface area contributed by atoms with Gasteiger partial charge in [-0.1, -0.05) is 41.4 Å². The molecule has 7 heteroatoms. The number of amides is 1. The molecule has 1 atom stereocenters. The molecule has 1 aromatic heterocycles. The Kier molecular flexibility index (Phi) is 5.36. The summed E-state index contributed by atoms with van der Waals surface area (Å²) < 4.78 is 1.16. The van der Waals surface area contributed by atoms with Crippen LogP contribution in [0.5, 0.6) is 0 Å². The normalized spacial score (nSPS) is 12.3. The second-order valence-electron chi connectivity index (χ2n) is 5.53. The number of halogens is 2. The van der Waals surface area contributed by atoms with Crippen molar-refractivity contribution in [2.24, 2.45) is 0 Å². The van der Waals surface area contributed by atoms with Gasteiger partial charge in [0.2, 0.25) is 0 Å². The summed E-state index contributed by atoms with van der Waals surface area (Å²) in [6, 6.07) is 13.2. The molecule has 0 aliphatic heterocycles. The third kappa shape index (κ3) is 4.05. The molecular weight excluding hydrogens is 365 g/mol. The number of aromatic nitrogens is 1. The van der Waals surface area contributed by atoms with Gasteiger partial charge in [0.05, 0.1) is 33.0 Å². The summed E-state index contributed by atoms with van der Waals surface area (Å²) in [5, 5.41) is 4.65. The van der Waals surface area contributed by atoms with Crippen molar-refractivity contribution < 1.29 is 9.69 Å². The number of thiazole rings is 1. The predicted molar refractivity (Wildman–Crippen MR) is 100 cm³/mol. The fourth-order valence-electron chi connectivity index (χ4n) is 2.39. The van der Waals surface area contributed by atoms with Gasteiger partial charge in [0.25, 0.3) is 5.91 Å². The summed E-state index contributed by atoms with van der Waals surface area (Å²) in [4.78, 5) is 17.9. The number of carbonyl (C=O) groups is 1. The molecule has 0 aliphatic rings. The number of quaternary nitrogens is 1. The van der Waals surface area contributed by atoms with Gasteiger partial charge in [-0.3, -0.25) is 4.79 Å². The minimum absolute atomic E-state index is 0.136. The Morgan fingerprint density at radius 1 is 1.17 bits per heavy atom. The number of rotatable bonds is 5. The Bertz CT molecular complexity index is 828. The van der Waals surface area contributed by atoms with Gasteiger partial charge in [0.1, 0.15) is 11.6 Å². The molecule has 4 nitrogen and oxygen atoms in total. The first kappa shape index (κ1) is 17.2. The van der Waals surface area contributed by atoms with E-state index >= 15 is 0 Å². The average molecular weight is 381 g/mol. The van der Waals surface area contributed by atoms with E-state index in [4.69, 9.17) is 23.2 Å². The summed E-state index contributed by atoms with van der Waals surface area (Å²) in [7, 11) is 1.96. The van der Waals surface area contributed by atoms with Crippen molar-refractivity contribution in [3.8, 4) is 0 Å². The lowest BCUT2D eigenvalue weighted by Crippen LogP contribution is -3.08. The van der Waals surface area contributed by atoms with Gasteiger partial charge < -0.3 is 10.2 Å². The highest BCUT2D eigenvalue weighted by Crippen LogP contribution is 2.29. The van der Waals surface area contributed by atoms with Gasteiger partial charge in [-0.25, -0.2) is 4.98 Å². The third-order valence-corrected chi connectivity index (χ3v) is 5.15.